The van der Waals surface area contributed by atoms with E-state index in [1.807, 2.05) is 31.2 Å². The van der Waals surface area contributed by atoms with E-state index in [-0.39, 0.29) is 17.9 Å². The van der Waals surface area contributed by atoms with E-state index < -0.39 is 0 Å². The van der Waals surface area contributed by atoms with Crippen LogP contribution in [0.1, 0.15) is 57.6 Å². The number of carbonyl (C=O) groups excluding carboxylic acids is 2. The lowest BCUT2D eigenvalue weighted by molar-refractivity contribution is -0.116. The van der Waals surface area contributed by atoms with E-state index in [1.165, 1.54) is 4.88 Å². The van der Waals surface area contributed by atoms with Gasteiger partial charge in [-0.15, -0.1) is 11.3 Å². The summed E-state index contributed by atoms with van der Waals surface area (Å²) in [7, 11) is 0. The standard InChI is InChI=1S/C24H28N4O2S/c1-16-5-2-3-6-18(16)23(30)26-17-9-12-28(13-10-17)14-11-22(29)27-24-20(15-25)19-7-4-8-21(19)31-24/h2-3,5-6,17H,4,7-14H2,1H3,(H,26,30)(H,27,29). The first-order chi connectivity index (χ1) is 15.0. The molecule has 4 rings (SSSR count). The molecule has 0 saturated carbocycles. The van der Waals surface area contributed by atoms with Crippen molar-refractivity contribution < 1.29 is 9.59 Å². The van der Waals surface area contributed by atoms with Crippen molar-refractivity contribution in [3.8, 4) is 6.07 Å². The normalized spacial score (nSPS) is 16.5. The van der Waals surface area contributed by atoms with Crippen molar-refractivity contribution in [3.05, 3.63) is 51.4 Å². The first kappa shape index (κ1) is 21.5. The van der Waals surface area contributed by atoms with Gasteiger partial charge in [0.2, 0.25) is 5.91 Å². The molecule has 2 heterocycles. The van der Waals surface area contributed by atoms with Crippen LogP contribution in [0.25, 0.3) is 0 Å². The number of nitrogens with one attached hydrogen (secondary N) is 2. The zero-order valence-corrected chi connectivity index (χ0v) is 18.7. The van der Waals surface area contributed by atoms with Crippen LogP contribution in [0.5, 0.6) is 0 Å². The van der Waals surface area contributed by atoms with Gasteiger partial charge in [0.15, 0.2) is 0 Å². The molecular weight excluding hydrogens is 408 g/mol. The van der Waals surface area contributed by atoms with Crippen LogP contribution in [0.4, 0.5) is 5.00 Å². The fourth-order valence-corrected chi connectivity index (χ4v) is 5.71. The Kier molecular flexibility index (Phi) is 6.69. The van der Waals surface area contributed by atoms with Gasteiger partial charge in [-0.05, 0) is 56.2 Å². The zero-order valence-electron chi connectivity index (χ0n) is 17.9. The summed E-state index contributed by atoms with van der Waals surface area (Å²) in [5.41, 5.74) is 3.52. The first-order valence-electron chi connectivity index (χ1n) is 11.0. The molecule has 0 spiro atoms. The number of fused-ring (bicyclic) bond motifs is 1. The van der Waals surface area contributed by atoms with Crippen LogP contribution < -0.4 is 10.6 Å². The van der Waals surface area contributed by atoms with Gasteiger partial charge < -0.3 is 15.5 Å². The largest absolute Gasteiger partial charge is 0.349 e. The van der Waals surface area contributed by atoms with Crippen molar-refractivity contribution in [2.45, 2.75) is 51.5 Å². The number of rotatable bonds is 6. The number of aryl methyl sites for hydroxylation is 2. The quantitative estimate of drug-likeness (QED) is 0.724. The van der Waals surface area contributed by atoms with Crippen molar-refractivity contribution in [2.75, 3.05) is 25.0 Å². The van der Waals surface area contributed by atoms with Gasteiger partial charge in [0.25, 0.3) is 5.91 Å². The second-order valence-electron chi connectivity index (χ2n) is 8.38. The van der Waals surface area contributed by atoms with Gasteiger partial charge in [-0.3, -0.25) is 9.59 Å². The van der Waals surface area contributed by atoms with Gasteiger partial charge >= 0.3 is 0 Å². The Morgan fingerprint density at radius 3 is 2.74 bits per heavy atom. The third-order valence-electron chi connectivity index (χ3n) is 6.25. The molecule has 2 aromatic rings. The number of hydrogen-bond donors (Lipinski definition) is 2. The average molecular weight is 437 g/mol. The molecule has 0 bridgehead atoms. The number of likely N-dealkylation sites (tertiary alicyclic amines) is 1. The van der Waals surface area contributed by atoms with Gasteiger partial charge in [-0.1, -0.05) is 18.2 Å². The molecule has 2 aliphatic rings. The number of thiophene rings is 1. The predicted octanol–water partition coefficient (Wildman–Crippen LogP) is 3.64. The van der Waals surface area contributed by atoms with Crippen LogP contribution in [0.2, 0.25) is 0 Å². The van der Waals surface area contributed by atoms with Crippen molar-refractivity contribution in [2.24, 2.45) is 0 Å². The fraction of sp³-hybridized carbons (Fsp3) is 0.458. The molecule has 1 aromatic carbocycles. The summed E-state index contributed by atoms with van der Waals surface area (Å²) in [5.74, 6) is -0.0431. The summed E-state index contributed by atoms with van der Waals surface area (Å²) in [6.07, 6.45) is 5.24. The molecule has 2 N–H and O–H groups in total. The van der Waals surface area contributed by atoms with Crippen LogP contribution >= 0.6 is 11.3 Å². The van der Waals surface area contributed by atoms with E-state index in [1.54, 1.807) is 11.3 Å². The van der Waals surface area contributed by atoms with E-state index in [9.17, 15) is 14.9 Å². The Hall–Kier alpha value is -2.69. The van der Waals surface area contributed by atoms with E-state index in [0.29, 0.717) is 18.5 Å². The van der Waals surface area contributed by atoms with E-state index in [4.69, 9.17) is 0 Å². The molecule has 162 valence electrons. The minimum atomic E-state index is -0.0357. The predicted molar refractivity (Wildman–Crippen MR) is 122 cm³/mol. The molecule has 1 fully saturated rings. The summed E-state index contributed by atoms with van der Waals surface area (Å²) in [4.78, 5) is 28.5. The second kappa shape index (κ2) is 9.63. The summed E-state index contributed by atoms with van der Waals surface area (Å²) in [5, 5.41) is 16.3. The molecule has 1 aromatic heterocycles. The lowest BCUT2D eigenvalue weighted by Crippen LogP contribution is -2.45. The molecule has 31 heavy (non-hydrogen) atoms. The third kappa shape index (κ3) is 4.97. The fourth-order valence-electron chi connectivity index (χ4n) is 4.45. The topological polar surface area (TPSA) is 85.2 Å². The summed E-state index contributed by atoms with van der Waals surface area (Å²) >= 11 is 1.56. The molecule has 0 radical (unpaired) electrons. The molecule has 1 aliphatic heterocycles. The third-order valence-corrected chi connectivity index (χ3v) is 7.46. The van der Waals surface area contributed by atoms with E-state index in [2.05, 4.69) is 21.6 Å². The number of carbonyl (C=O) groups is 2. The molecule has 6 nitrogen and oxygen atoms in total. The van der Waals surface area contributed by atoms with Gasteiger partial charge in [0.05, 0.1) is 5.56 Å². The highest BCUT2D eigenvalue weighted by Gasteiger charge is 2.24. The maximum atomic E-state index is 12.5. The molecule has 0 unspecified atom stereocenters. The molecule has 7 heteroatoms. The zero-order chi connectivity index (χ0) is 21.8. The number of piperidine rings is 1. The van der Waals surface area contributed by atoms with Crippen LogP contribution in [0.3, 0.4) is 0 Å². The Morgan fingerprint density at radius 2 is 2.00 bits per heavy atom. The summed E-state index contributed by atoms with van der Waals surface area (Å²) in [6, 6.07) is 10.1. The highest BCUT2D eigenvalue weighted by Crippen LogP contribution is 2.38. The lowest BCUT2D eigenvalue weighted by Gasteiger charge is -2.32. The molecule has 0 atom stereocenters. The van der Waals surface area contributed by atoms with E-state index in [0.717, 1.165) is 66.9 Å². The highest BCUT2D eigenvalue weighted by atomic mass is 32.1. The maximum Gasteiger partial charge on any atom is 0.251 e. The number of hydrogen-bond acceptors (Lipinski definition) is 5. The Morgan fingerprint density at radius 1 is 1.23 bits per heavy atom. The minimum absolute atomic E-state index is 0.00734. The first-order valence-corrected chi connectivity index (χ1v) is 11.8. The Labute approximate surface area is 187 Å². The molecule has 1 aliphatic carbocycles. The highest BCUT2D eigenvalue weighted by molar-refractivity contribution is 7.16. The monoisotopic (exact) mass is 436 g/mol. The lowest BCUT2D eigenvalue weighted by atomic mass is 10.0. The van der Waals surface area contributed by atoms with Crippen molar-refractivity contribution in [3.63, 3.8) is 0 Å². The van der Waals surface area contributed by atoms with Crippen molar-refractivity contribution in [1.29, 1.82) is 5.26 Å². The van der Waals surface area contributed by atoms with Gasteiger partial charge in [0, 0.05) is 42.5 Å². The number of anilines is 1. The second-order valence-corrected chi connectivity index (χ2v) is 9.48. The van der Waals surface area contributed by atoms with Crippen LogP contribution in [0.15, 0.2) is 24.3 Å². The number of amides is 2. The van der Waals surface area contributed by atoms with E-state index >= 15 is 0 Å². The van der Waals surface area contributed by atoms with Crippen LogP contribution in [-0.2, 0) is 17.6 Å². The van der Waals surface area contributed by atoms with Crippen LogP contribution in [-0.4, -0.2) is 42.4 Å². The number of nitriles is 1. The summed E-state index contributed by atoms with van der Waals surface area (Å²) < 4.78 is 0. The van der Waals surface area contributed by atoms with Crippen LogP contribution in [0, 0.1) is 18.3 Å². The summed E-state index contributed by atoms with van der Waals surface area (Å²) in [6.45, 7) is 4.37. The number of benzene rings is 1. The smallest absolute Gasteiger partial charge is 0.251 e. The van der Waals surface area contributed by atoms with Gasteiger partial charge in [0.1, 0.15) is 11.1 Å². The molecule has 1 saturated heterocycles. The van der Waals surface area contributed by atoms with Gasteiger partial charge in [-0.2, -0.15) is 5.26 Å². The number of nitrogens with zero attached hydrogens (tertiary/aromatic N) is 2. The SMILES string of the molecule is Cc1ccccc1C(=O)NC1CCN(CCC(=O)Nc2sc3c(c2C#N)CCC3)CC1. The van der Waals surface area contributed by atoms with Crippen molar-refractivity contribution >= 4 is 28.2 Å². The van der Waals surface area contributed by atoms with Crippen molar-refractivity contribution in [1.82, 2.24) is 10.2 Å². The molecule has 2 amide bonds. The Balaban J connectivity index is 1.21. The van der Waals surface area contributed by atoms with Gasteiger partial charge in [-0.25, -0.2) is 0 Å². The maximum absolute atomic E-state index is 12.5. The average Bonchev–Trinajstić information content (AvgIpc) is 3.34. The Bertz CT molecular complexity index is 1020. The minimum Gasteiger partial charge on any atom is -0.349 e. The molecular formula is C24H28N4O2S.